The molecule has 26 heavy (non-hydrogen) atoms. The van der Waals surface area contributed by atoms with Crippen LogP contribution in [0.25, 0.3) is 37.7 Å². The number of fused-ring (bicyclic) bond motifs is 2. The topological polar surface area (TPSA) is 52.2 Å². The van der Waals surface area contributed by atoms with E-state index in [4.69, 9.17) is 0 Å². The molecule has 0 saturated heterocycles. The molecule has 0 radical (unpaired) electrons. The van der Waals surface area contributed by atoms with Gasteiger partial charge in [0.15, 0.2) is 0 Å². The molecule has 5 aromatic rings. The van der Waals surface area contributed by atoms with Crippen LogP contribution in [-0.2, 0) is 7.05 Å². The summed E-state index contributed by atoms with van der Waals surface area (Å²) in [5, 5.41) is 10.4. The minimum absolute atomic E-state index is 0.167. The van der Waals surface area contributed by atoms with Gasteiger partial charge in [-0.25, -0.2) is 4.98 Å². The summed E-state index contributed by atoms with van der Waals surface area (Å²) < 4.78 is 4.46. The van der Waals surface area contributed by atoms with Crippen molar-refractivity contribution in [2.75, 3.05) is 0 Å². The first-order valence-electron chi connectivity index (χ1n) is 7.78. The number of halogens is 1. The second-order valence-corrected chi connectivity index (χ2v) is 8.56. The van der Waals surface area contributed by atoms with Crippen LogP contribution in [0.15, 0.2) is 56.6 Å². The van der Waals surface area contributed by atoms with Crippen LogP contribution in [0.3, 0.4) is 0 Å². The van der Waals surface area contributed by atoms with Gasteiger partial charge in [0.05, 0.1) is 5.69 Å². The van der Waals surface area contributed by atoms with Crippen molar-refractivity contribution < 1.29 is 0 Å². The minimum atomic E-state index is -0.167. The Balaban J connectivity index is 1.75. The Kier molecular flexibility index (Phi) is 3.59. The van der Waals surface area contributed by atoms with Crippen LogP contribution < -0.4 is 5.56 Å². The number of aromatic nitrogens is 4. The van der Waals surface area contributed by atoms with Crippen molar-refractivity contribution in [2.24, 2.45) is 7.05 Å². The second kappa shape index (κ2) is 5.87. The lowest BCUT2D eigenvalue weighted by Crippen LogP contribution is -2.13. The maximum atomic E-state index is 12.5. The average Bonchev–Trinajstić information content (AvgIpc) is 3.33. The molecule has 0 N–H and O–H groups in total. The van der Waals surface area contributed by atoms with Gasteiger partial charge in [0.1, 0.15) is 5.01 Å². The summed E-state index contributed by atoms with van der Waals surface area (Å²) in [6, 6.07) is 9.66. The molecule has 0 unspecified atom stereocenters. The fourth-order valence-electron chi connectivity index (χ4n) is 3.01. The summed E-state index contributed by atoms with van der Waals surface area (Å²) in [5.74, 6) is 0. The lowest BCUT2D eigenvalue weighted by Gasteiger charge is -1.96. The van der Waals surface area contributed by atoms with Gasteiger partial charge in [-0.2, -0.15) is 21.0 Å². The lowest BCUT2D eigenvalue weighted by molar-refractivity contribution is 0.904. The molecule has 0 aliphatic carbocycles. The second-order valence-electron chi connectivity index (χ2n) is 5.91. The Morgan fingerprint density at radius 3 is 2.88 bits per heavy atom. The molecule has 0 spiro atoms. The molecule has 4 heterocycles. The molecule has 0 saturated carbocycles. The third-order valence-corrected chi connectivity index (χ3v) is 6.36. The van der Waals surface area contributed by atoms with Crippen molar-refractivity contribution in [1.29, 1.82) is 0 Å². The third kappa shape index (κ3) is 2.45. The van der Waals surface area contributed by atoms with E-state index in [1.54, 1.807) is 11.3 Å². The van der Waals surface area contributed by atoms with Crippen molar-refractivity contribution in [2.45, 2.75) is 0 Å². The van der Waals surface area contributed by atoms with Crippen molar-refractivity contribution in [3.63, 3.8) is 0 Å². The predicted octanol–water partition coefficient (Wildman–Crippen LogP) is 4.80. The number of aryl methyl sites for hydroxylation is 1. The van der Waals surface area contributed by atoms with Crippen LogP contribution >= 0.6 is 38.6 Å². The van der Waals surface area contributed by atoms with Gasteiger partial charge in [0, 0.05) is 51.2 Å². The maximum absolute atomic E-state index is 12.5. The zero-order chi connectivity index (χ0) is 17.8. The summed E-state index contributed by atoms with van der Waals surface area (Å²) >= 11 is 6.54. The van der Waals surface area contributed by atoms with Crippen LogP contribution in [0.2, 0.25) is 0 Å². The summed E-state index contributed by atoms with van der Waals surface area (Å²) in [6.07, 6.45) is 2.04. The first-order valence-corrected chi connectivity index (χ1v) is 10.3. The molecule has 0 aliphatic heterocycles. The molecular weight excluding hydrogens is 432 g/mol. The SMILES string of the molecule is Cn1cc(-c2nn3c(=O)cc(-c4ccsc4)nc3s2)c2cc(Br)ccc21. The molecule has 0 aliphatic rings. The predicted molar refractivity (Wildman–Crippen MR) is 110 cm³/mol. The zero-order valence-electron chi connectivity index (χ0n) is 13.5. The summed E-state index contributed by atoms with van der Waals surface area (Å²) in [6.45, 7) is 0. The number of thiophene rings is 1. The number of hydrogen-bond donors (Lipinski definition) is 0. The largest absolute Gasteiger partial charge is 0.350 e. The number of hydrogen-bond acceptors (Lipinski definition) is 5. The monoisotopic (exact) mass is 442 g/mol. The van der Waals surface area contributed by atoms with E-state index in [1.807, 2.05) is 36.1 Å². The van der Waals surface area contributed by atoms with Crippen molar-refractivity contribution in [3.8, 4) is 21.8 Å². The number of benzene rings is 1. The van der Waals surface area contributed by atoms with E-state index >= 15 is 0 Å². The van der Waals surface area contributed by atoms with Crippen molar-refractivity contribution >= 4 is 54.5 Å². The third-order valence-electron chi connectivity index (χ3n) is 4.24. The lowest BCUT2D eigenvalue weighted by atomic mass is 10.2. The molecule has 5 nitrogen and oxygen atoms in total. The Bertz CT molecular complexity index is 1330. The van der Waals surface area contributed by atoms with Crippen LogP contribution in [0.4, 0.5) is 0 Å². The Labute approximate surface area is 164 Å². The van der Waals surface area contributed by atoms with Gasteiger partial charge >= 0.3 is 0 Å². The van der Waals surface area contributed by atoms with E-state index in [0.29, 0.717) is 10.7 Å². The van der Waals surface area contributed by atoms with Gasteiger partial charge in [-0.3, -0.25) is 4.79 Å². The van der Waals surface area contributed by atoms with Crippen LogP contribution in [0.5, 0.6) is 0 Å². The molecule has 128 valence electrons. The number of nitrogens with zero attached hydrogens (tertiary/aromatic N) is 4. The molecule has 0 bridgehead atoms. The van der Waals surface area contributed by atoms with E-state index in [0.717, 1.165) is 31.5 Å². The highest BCUT2D eigenvalue weighted by Crippen LogP contribution is 2.34. The Morgan fingerprint density at radius 1 is 1.19 bits per heavy atom. The highest BCUT2D eigenvalue weighted by molar-refractivity contribution is 9.10. The van der Waals surface area contributed by atoms with Gasteiger partial charge in [0.2, 0.25) is 4.96 Å². The summed E-state index contributed by atoms with van der Waals surface area (Å²) in [4.78, 5) is 17.8. The molecule has 5 rings (SSSR count). The maximum Gasteiger partial charge on any atom is 0.275 e. The molecule has 0 fully saturated rings. The van der Waals surface area contributed by atoms with E-state index in [-0.39, 0.29) is 5.56 Å². The highest BCUT2D eigenvalue weighted by Gasteiger charge is 2.16. The Hall–Kier alpha value is -2.29. The van der Waals surface area contributed by atoms with Crippen LogP contribution in [0, 0.1) is 0 Å². The first kappa shape index (κ1) is 15.9. The van der Waals surface area contributed by atoms with Gasteiger partial charge in [0.25, 0.3) is 5.56 Å². The normalized spacial score (nSPS) is 11.6. The van der Waals surface area contributed by atoms with Crippen LogP contribution in [0.1, 0.15) is 0 Å². The first-order chi connectivity index (χ1) is 12.6. The van der Waals surface area contributed by atoms with Gasteiger partial charge in [-0.1, -0.05) is 27.3 Å². The van der Waals surface area contributed by atoms with Crippen LogP contribution in [-0.4, -0.2) is 19.2 Å². The van der Waals surface area contributed by atoms with Gasteiger partial charge in [-0.15, -0.1) is 0 Å². The quantitative estimate of drug-likeness (QED) is 0.394. The van der Waals surface area contributed by atoms with E-state index in [1.165, 1.54) is 21.9 Å². The van der Waals surface area contributed by atoms with Gasteiger partial charge in [-0.05, 0) is 29.6 Å². The molecule has 1 aromatic carbocycles. The molecular formula is C18H11BrN4OS2. The van der Waals surface area contributed by atoms with E-state index in [9.17, 15) is 4.79 Å². The van der Waals surface area contributed by atoms with Crippen molar-refractivity contribution in [3.05, 3.63) is 62.1 Å². The molecule has 4 aromatic heterocycles. The van der Waals surface area contributed by atoms with Crippen molar-refractivity contribution in [1.82, 2.24) is 19.2 Å². The fraction of sp³-hybridized carbons (Fsp3) is 0.0556. The smallest absolute Gasteiger partial charge is 0.275 e. The summed E-state index contributed by atoms with van der Waals surface area (Å²) in [5.41, 5.74) is 3.59. The fourth-order valence-corrected chi connectivity index (χ4v) is 4.95. The van der Waals surface area contributed by atoms with Gasteiger partial charge < -0.3 is 4.57 Å². The average molecular weight is 443 g/mol. The molecule has 8 heteroatoms. The zero-order valence-corrected chi connectivity index (χ0v) is 16.7. The number of rotatable bonds is 2. The standard InChI is InChI=1S/C18H11BrN4OS2/c1-22-8-13(12-6-11(19)2-3-15(12)22)17-21-23-16(24)7-14(20-18(23)26-17)10-4-5-25-9-10/h2-9H,1H3. The summed E-state index contributed by atoms with van der Waals surface area (Å²) in [7, 11) is 2.01. The van der Waals surface area contributed by atoms with E-state index in [2.05, 4.69) is 42.7 Å². The Morgan fingerprint density at radius 2 is 2.08 bits per heavy atom. The minimum Gasteiger partial charge on any atom is -0.350 e. The van der Waals surface area contributed by atoms with E-state index < -0.39 is 0 Å². The molecule has 0 atom stereocenters. The molecule has 0 amide bonds. The highest BCUT2D eigenvalue weighted by atomic mass is 79.9.